The van der Waals surface area contributed by atoms with Crippen molar-refractivity contribution in [2.45, 2.75) is 12.8 Å². The summed E-state index contributed by atoms with van der Waals surface area (Å²) in [7, 11) is 0. The maximum Gasteiger partial charge on any atom is 0.290 e. The van der Waals surface area contributed by atoms with Gasteiger partial charge in [-0.05, 0) is 25.0 Å². The number of hydrogen-bond donors (Lipinski definition) is 3. The number of hydrazine groups is 1. The van der Waals surface area contributed by atoms with Gasteiger partial charge < -0.3 is 4.90 Å². The number of anilines is 1. The minimum atomic E-state index is -0.607. The molecule has 1 atom stereocenters. The monoisotopic (exact) mass is 393 g/mol. The van der Waals surface area contributed by atoms with Crippen LogP contribution in [-0.4, -0.2) is 45.1 Å². The smallest absolute Gasteiger partial charge is 0.290 e. The number of rotatable bonds is 3. The van der Waals surface area contributed by atoms with Crippen molar-refractivity contribution in [3.05, 3.63) is 58.8 Å². The maximum atomic E-state index is 12.6. The third kappa shape index (κ3) is 3.91. The molecule has 3 aromatic rings. The topological polar surface area (TPSA) is 133 Å². The largest absolute Gasteiger partial charge is 0.340 e. The van der Waals surface area contributed by atoms with Crippen LogP contribution in [0.25, 0.3) is 10.8 Å². The van der Waals surface area contributed by atoms with Crippen molar-refractivity contribution in [2.24, 2.45) is 5.92 Å². The summed E-state index contributed by atoms with van der Waals surface area (Å²) in [5.41, 5.74) is 4.50. The number of aromatic amines is 1. The molecule has 10 heteroatoms. The fraction of sp³-hybridized carbons (Fsp3) is 0.263. The Hall–Kier alpha value is -3.82. The van der Waals surface area contributed by atoms with Crippen LogP contribution in [-0.2, 0) is 4.79 Å². The quantitative estimate of drug-likeness (QED) is 0.548. The Morgan fingerprint density at radius 1 is 1.07 bits per heavy atom. The Kier molecular flexibility index (Phi) is 5.14. The van der Waals surface area contributed by atoms with Gasteiger partial charge in [-0.3, -0.25) is 25.2 Å². The van der Waals surface area contributed by atoms with E-state index in [1.54, 1.807) is 42.7 Å². The maximum absolute atomic E-state index is 12.6. The van der Waals surface area contributed by atoms with Crippen LogP contribution in [0.5, 0.6) is 0 Å². The molecule has 0 radical (unpaired) electrons. The third-order valence-corrected chi connectivity index (χ3v) is 4.84. The molecule has 1 saturated heterocycles. The van der Waals surface area contributed by atoms with E-state index in [1.165, 1.54) is 0 Å². The predicted octanol–water partition coefficient (Wildman–Crippen LogP) is 0.391. The van der Waals surface area contributed by atoms with Crippen LogP contribution >= 0.6 is 0 Å². The molecule has 1 aliphatic heterocycles. The molecule has 3 heterocycles. The Labute approximate surface area is 165 Å². The molecule has 4 rings (SSSR count). The highest BCUT2D eigenvalue weighted by Crippen LogP contribution is 2.20. The van der Waals surface area contributed by atoms with Gasteiger partial charge in [-0.25, -0.2) is 15.1 Å². The van der Waals surface area contributed by atoms with Gasteiger partial charge in [0.25, 0.3) is 11.5 Å². The van der Waals surface area contributed by atoms with Gasteiger partial charge in [-0.1, -0.05) is 18.2 Å². The molecule has 1 unspecified atom stereocenters. The van der Waals surface area contributed by atoms with Crippen molar-refractivity contribution < 1.29 is 9.59 Å². The molecule has 0 saturated carbocycles. The van der Waals surface area contributed by atoms with Crippen LogP contribution in [0.3, 0.4) is 0 Å². The van der Waals surface area contributed by atoms with Crippen LogP contribution in [0, 0.1) is 5.92 Å². The van der Waals surface area contributed by atoms with E-state index >= 15 is 0 Å². The lowest BCUT2D eigenvalue weighted by atomic mass is 9.98. The normalized spacial score (nSPS) is 16.4. The highest BCUT2D eigenvalue weighted by Gasteiger charge is 2.27. The molecule has 0 spiro atoms. The first-order valence-electron chi connectivity index (χ1n) is 9.23. The molecule has 0 bridgehead atoms. The van der Waals surface area contributed by atoms with Gasteiger partial charge in [0.1, 0.15) is 0 Å². The Bertz CT molecular complexity index is 1100. The highest BCUT2D eigenvalue weighted by atomic mass is 16.2. The van der Waals surface area contributed by atoms with Crippen LogP contribution in [0.15, 0.2) is 47.5 Å². The zero-order valence-electron chi connectivity index (χ0n) is 15.5. The third-order valence-electron chi connectivity index (χ3n) is 4.84. The standard InChI is InChI=1S/C19H19N7O3/c27-16(12-5-3-10-26(11-12)19-20-8-4-9-21-19)23-25-18(29)15-13-6-1-2-7-14(13)17(28)24-22-15/h1-2,4,6-9,12H,3,5,10-11H2,(H,23,27)(H,24,28)(H,25,29). The second-order valence-corrected chi connectivity index (χ2v) is 6.72. The second-order valence-electron chi connectivity index (χ2n) is 6.72. The number of carbonyl (C=O) groups excluding carboxylic acids is 2. The SMILES string of the molecule is O=C(NNC(=O)C1CCCN(c2ncccn2)C1)c1n[nH]c(=O)c2ccccc12. The summed E-state index contributed by atoms with van der Waals surface area (Å²) in [5.74, 6) is -0.636. The average Bonchev–Trinajstić information content (AvgIpc) is 2.78. The van der Waals surface area contributed by atoms with Crippen LogP contribution < -0.4 is 21.3 Å². The Morgan fingerprint density at radius 2 is 1.83 bits per heavy atom. The summed E-state index contributed by atoms with van der Waals surface area (Å²) >= 11 is 0. The van der Waals surface area contributed by atoms with Gasteiger partial charge in [0.2, 0.25) is 11.9 Å². The van der Waals surface area contributed by atoms with Crippen molar-refractivity contribution in [3.63, 3.8) is 0 Å². The Morgan fingerprint density at radius 3 is 2.62 bits per heavy atom. The van der Waals surface area contributed by atoms with Crippen LogP contribution in [0.2, 0.25) is 0 Å². The number of amides is 2. The first-order valence-corrected chi connectivity index (χ1v) is 9.23. The molecule has 10 nitrogen and oxygen atoms in total. The van der Waals surface area contributed by atoms with E-state index in [9.17, 15) is 14.4 Å². The van der Waals surface area contributed by atoms with E-state index in [0.29, 0.717) is 29.7 Å². The van der Waals surface area contributed by atoms with Crippen LogP contribution in [0.1, 0.15) is 23.3 Å². The van der Waals surface area contributed by atoms with Crippen molar-refractivity contribution >= 4 is 28.5 Å². The number of piperidine rings is 1. The van der Waals surface area contributed by atoms with Crippen molar-refractivity contribution in [2.75, 3.05) is 18.0 Å². The predicted molar refractivity (Wildman–Crippen MR) is 105 cm³/mol. The number of nitrogens with zero attached hydrogens (tertiary/aromatic N) is 4. The highest BCUT2D eigenvalue weighted by molar-refractivity contribution is 6.05. The number of H-pyrrole nitrogens is 1. The molecule has 0 aliphatic carbocycles. The Balaban J connectivity index is 1.41. The van der Waals surface area contributed by atoms with Gasteiger partial charge >= 0.3 is 0 Å². The first-order chi connectivity index (χ1) is 14.1. The van der Waals surface area contributed by atoms with Gasteiger partial charge in [0.15, 0.2) is 5.69 Å². The summed E-state index contributed by atoms with van der Waals surface area (Å²) in [6.07, 6.45) is 4.84. The minimum Gasteiger partial charge on any atom is -0.340 e. The summed E-state index contributed by atoms with van der Waals surface area (Å²) in [6, 6.07) is 8.38. The van der Waals surface area contributed by atoms with Gasteiger partial charge in [-0.15, -0.1) is 0 Å². The summed E-state index contributed by atoms with van der Waals surface area (Å²) < 4.78 is 0. The number of nitrogens with one attached hydrogen (secondary N) is 3. The molecule has 1 aliphatic rings. The average molecular weight is 393 g/mol. The van der Waals surface area contributed by atoms with Gasteiger partial charge in [0, 0.05) is 30.9 Å². The van der Waals surface area contributed by atoms with E-state index in [4.69, 9.17) is 0 Å². The molecule has 2 amide bonds. The van der Waals surface area contributed by atoms with Gasteiger partial charge in [0.05, 0.1) is 11.3 Å². The lowest BCUT2D eigenvalue weighted by Crippen LogP contribution is -2.49. The number of benzene rings is 1. The van der Waals surface area contributed by atoms with Crippen molar-refractivity contribution in [3.8, 4) is 0 Å². The van der Waals surface area contributed by atoms with E-state index in [1.807, 2.05) is 4.90 Å². The molecule has 1 aromatic carbocycles. The minimum absolute atomic E-state index is 0.0310. The molecule has 3 N–H and O–H groups in total. The molecular weight excluding hydrogens is 374 g/mol. The zero-order chi connectivity index (χ0) is 20.2. The van der Waals surface area contributed by atoms with Gasteiger partial charge in [-0.2, -0.15) is 5.10 Å². The second kappa shape index (κ2) is 8.05. The number of fused-ring (bicyclic) bond motifs is 1. The van der Waals surface area contributed by atoms with E-state index in [2.05, 4.69) is 31.0 Å². The molecule has 29 heavy (non-hydrogen) atoms. The van der Waals surface area contributed by atoms with Crippen molar-refractivity contribution in [1.82, 2.24) is 31.0 Å². The fourth-order valence-corrected chi connectivity index (χ4v) is 3.39. The molecule has 2 aromatic heterocycles. The number of aromatic nitrogens is 4. The van der Waals surface area contributed by atoms with Crippen LogP contribution in [0.4, 0.5) is 5.95 Å². The summed E-state index contributed by atoms with van der Waals surface area (Å²) in [6.45, 7) is 1.24. The number of hydrogen-bond acceptors (Lipinski definition) is 7. The van der Waals surface area contributed by atoms with E-state index in [0.717, 1.165) is 13.0 Å². The zero-order valence-corrected chi connectivity index (χ0v) is 15.5. The summed E-state index contributed by atoms with van der Waals surface area (Å²) in [5, 5.41) is 6.88. The molecular formula is C19H19N7O3. The lowest BCUT2D eigenvalue weighted by molar-refractivity contribution is -0.126. The lowest BCUT2D eigenvalue weighted by Gasteiger charge is -2.31. The fourth-order valence-electron chi connectivity index (χ4n) is 3.39. The molecule has 148 valence electrons. The summed E-state index contributed by atoms with van der Waals surface area (Å²) in [4.78, 5) is 47.3. The molecule has 1 fully saturated rings. The number of carbonyl (C=O) groups is 2. The van der Waals surface area contributed by atoms with E-state index in [-0.39, 0.29) is 23.1 Å². The first kappa shape index (κ1) is 18.5. The van der Waals surface area contributed by atoms with E-state index < -0.39 is 5.91 Å². The van der Waals surface area contributed by atoms with Crippen molar-refractivity contribution in [1.29, 1.82) is 0 Å².